The predicted molar refractivity (Wildman–Crippen MR) is 94.9 cm³/mol. The Morgan fingerprint density at radius 1 is 1.40 bits per heavy atom. The molecule has 0 aliphatic rings. The molecule has 4 nitrogen and oxygen atoms in total. The van der Waals surface area contributed by atoms with Crippen molar-refractivity contribution in [3.63, 3.8) is 0 Å². The summed E-state index contributed by atoms with van der Waals surface area (Å²) in [5.41, 5.74) is 7.35. The van der Waals surface area contributed by atoms with Crippen molar-refractivity contribution in [2.75, 3.05) is 13.6 Å². The molecule has 0 aliphatic heterocycles. The standard InChI is InChI=1S/C18H25F3N4/c1-4-10-25(3)16(22)9-6-12(5-2)17-23-14-8-7-13(18(19,20)21)11-15(14)24-17/h5,7-8,11,16H,4,6,9-10,22H2,1-3H3,(H,23,24)/b12-5+. The highest BCUT2D eigenvalue weighted by Crippen LogP contribution is 2.31. The molecule has 1 atom stereocenters. The van der Waals surface area contributed by atoms with Gasteiger partial charge in [-0.25, -0.2) is 4.98 Å². The molecule has 0 radical (unpaired) electrons. The zero-order valence-electron chi connectivity index (χ0n) is 14.8. The average molecular weight is 354 g/mol. The lowest BCUT2D eigenvalue weighted by molar-refractivity contribution is -0.137. The Labute approximate surface area is 145 Å². The number of aromatic nitrogens is 2. The molecule has 1 aromatic heterocycles. The van der Waals surface area contributed by atoms with Gasteiger partial charge >= 0.3 is 6.18 Å². The van der Waals surface area contributed by atoms with Crippen molar-refractivity contribution in [2.24, 2.45) is 5.73 Å². The Balaban J connectivity index is 2.15. The fourth-order valence-corrected chi connectivity index (χ4v) is 2.78. The van der Waals surface area contributed by atoms with Crippen molar-refractivity contribution in [3.8, 4) is 0 Å². The Morgan fingerprint density at radius 2 is 2.12 bits per heavy atom. The summed E-state index contributed by atoms with van der Waals surface area (Å²) in [7, 11) is 1.99. The van der Waals surface area contributed by atoms with Crippen molar-refractivity contribution < 1.29 is 13.2 Å². The van der Waals surface area contributed by atoms with Crippen LogP contribution in [0.25, 0.3) is 16.6 Å². The molecule has 1 heterocycles. The molecule has 0 fully saturated rings. The second-order valence-electron chi connectivity index (χ2n) is 6.22. The zero-order chi connectivity index (χ0) is 18.6. The first-order chi connectivity index (χ1) is 11.8. The second kappa shape index (κ2) is 8.01. The Hall–Kier alpha value is -1.86. The number of H-pyrrole nitrogens is 1. The number of hydrogen-bond acceptors (Lipinski definition) is 3. The fraction of sp³-hybridized carbons (Fsp3) is 0.500. The van der Waals surface area contributed by atoms with E-state index in [2.05, 4.69) is 21.8 Å². The third kappa shape index (κ3) is 4.83. The van der Waals surface area contributed by atoms with E-state index < -0.39 is 11.7 Å². The molecule has 2 rings (SSSR count). The van der Waals surface area contributed by atoms with E-state index in [-0.39, 0.29) is 6.17 Å². The van der Waals surface area contributed by atoms with Crippen LogP contribution in [0.2, 0.25) is 0 Å². The maximum absolute atomic E-state index is 12.8. The van der Waals surface area contributed by atoms with Gasteiger partial charge in [-0.1, -0.05) is 13.0 Å². The van der Waals surface area contributed by atoms with Gasteiger partial charge in [-0.2, -0.15) is 13.2 Å². The van der Waals surface area contributed by atoms with Gasteiger partial charge < -0.3 is 10.7 Å². The van der Waals surface area contributed by atoms with Crippen LogP contribution in [0, 0.1) is 0 Å². The summed E-state index contributed by atoms with van der Waals surface area (Å²) in [5, 5.41) is 0. The number of alkyl halides is 3. The smallest absolute Gasteiger partial charge is 0.338 e. The van der Waals surface area contributed by atoms with E-state index in [1.807, 2.05) is 20.0 Å². The van der Waals surface area contributed by atoms with E-state index in [1.165, 1.54) is 6.07 Å². The lowest BCUT2D eigenvalue weighted by Crippen LogP contribution is -2.39. The van der Waals surface area contributed by atoms with Crippen molar-refractivity contribution in [3.05, 3.63) is 35.7 Å². The summed E-state index contributed by atoms with van der Waals surface area (Å²) >= 11 is 0. The van der Waals surface area contributed by atoms with Gasteiger partial charge in [-0.15, -0.1) is 0 Å². The quantitative estimate of drug-likeness (QED) is 0.725. The average Bonchev–Trinajstić information content (AvgIpc) is 2.97. The third-order valence-electron chi connectivity index (χ3n) is 4.31. The largest absolute Gasteiger partial charge is 0.416 e. The molecule has 0 spiro atoms. The topological polar surface area (TPSA) is 57.9 Å². The number of imidazole rings is 1. The highest BCUT2D eigenvalue weighted by Gasteiger charge is 2.30. The highest BCUT2D eigenvalue weighted by molar-refractivity contribution is 5.79. The number of aromatic amines is 1. The SMILES string of the molecule is C/C=C(\CCC(N)N(C)CCC)c1nc2ccc(C(F)(F)F)cc2[nH]1. The minimum Gasteiger partial charge on any atom is -0.338 e. The second-order valence-corrected chi connectivity index (χ2v) is 6.22. The number of hydrogen-bond donors (Lipinski definition) is 2. The molecular weight excluding hydrogens is 329 g/mol. The molecule has 0 bridgehead atoms. The van der Waals surface area contributed by atoms with Gasteiger partial charge in [-0.05, 0) is 63.6 Å². The molecular formula is C18H25F3N4. The van der Waals surface area contributed by atoms with Crippen LogP contribution in [-0.2, 0) is 6.18 Å². The Morgan fingerprint density at radius 3 is 2.72 bits per heavy atom. The summed E-state index contributed by atoms with van der Waals surface area (Å²) in [6, 6.07) is 3.55. The van der Waals surface area contributed by atoms with Gasteiger partial charge in [0.05, 0.1) is 22.8 Å². The minimum atomic E-state index is -4.36. The first-order valence-corrected chi connectivity index (χ1v) is 8.44. The summed E-state index contributed by atoms with van der Waals surface area (Å²) in [6.07, 6.45) is -0.00467. The molecule has 0 saturated carbocycles. The van der Waals surface area contributed by atoms with E-state index in [4.69, 9.17) is 5.73 Å². The molecule has 0 saturated heterocycles. The van der Waals surface area contributed by atoms with Gasteiger partial charge in [0.2, 0.25) is 0 Å². The van der Waals surface area contributed by atoms with Gasteiger partial charge in [0.1, 0.15) is 5.82 Å². The summed E-state index contributed by atoms with van der Waals surface area (Å²) < 4.78 is 38.5. The predicted octanol–water partition coefficient (Wildman–Crippen LogP) is 4.39. The minimum absolute atomic E-state index is 0.0592. The Bertz CT molecular complexity index is 733. The van der Waals surface area contributed by atoms with E-state index in [0.717, 1.165) is 37.1 Å². The fourth-order valence-electron chi connectivity index (χ4n) is 2.78. The van der Waals surface area contributed by atoms with Crippen LogP contribution in [0.15, 0.2) is 24.3 Å². The lowest BCUT2D eigenvalue weighted by Gasteiger charge is -2.24. The molecule has 25 heavy (non-hydrogen) atoms. The summed E-state index contributed by atoms with van der Waals surface area (Å²) in [6.45, 7) is 4.92. The number of halogens is 3. The van der Waals surface area contributed by atoms with Crippen LogP contribution in [0.5, 0.6) is 0 Å². The van der Waals surface area contributed by atoms with Crippen molar-refractivity contribution in [2.45, 2.75) is 45.5 Å². The summed E-state index contributed by atoms with van der Waals surface area (Å²) in [4.78, 5) is 9.52. The molecule has 3 N–H and O–H groups in total. The maximum atomic E-state index is 12.8. The number of allylic oxidation sites excluding steroid dienone is 2. The highest BCUT2D eigenvalue weighted by atomic mass is 19.4. The summed E-state index contributed by atoms with van der Waals surface area (Å²) in [5.74, 6) is 0.599. The third-order valence-corrected chi connectivity index (χ3v) is 4.31. The number of nitrogens with one attached hydrogen (secondary N) is 1. The normalized spacial score (nSPS) is 14.5. The molecule has 1 unspecified atom stereocenters. The molecule has 2 aromatic rings. The van der Waals surface area contributed by atoms with E-state index in [0.29, 0.717) is 23.3 Å². The first-order valence-electron chi connectivity index (χ1n) is 8.44. The number of rotatable bonds is 7. The number of benzene rings is 1. The van der Waals surface area contributed by atoms with Crippen molar-refractivity contribution in [1.82, 2.24) is 14.9 Å². The van der Waals surface area contributed by atoms with E-state index >= 15 is 0 Å². The maximum Gasteiger partial charge on any atom is 0.416 e. The number of nitrogens with zero attached hydrogens (tertiary/aromatic N) is 2. The first kappa shape index (κ1) is 19.5. The monoisotopic (exact) mass is 354 g/mol. The number of fused-ring (bicyclic) bond motifs is 1. The zero-order valence-corrected chi connectivity index (χ0v) is 14.8. The van der Waals surface area contributed by atoms with Crippen LogP contribution >= 0.6 is 0 Å². The number of nitrogens with two attached hydrogens (primary N) is 1. The van der Waals surface area contributed by atoms with Gasteiger partial charge in [0.15, 0.2) is 0 Å². The van der Waals surface area contributed by atoms with Crippen LogP contribution in [-0.4, -0.2) is 34.6 Å². The van der Waals surface area contributed by atoms with Crippen molar-refractivity contribution >= 4 is 16.6 Å². The van der Waals surface area contributed by atoms with E-state index in [1.54, 1.807) is 0 Å². The van der Waals surface area contributed by atoms with Gasteiger partial charge in [0.25, 0.3) is 0 Å². The molecule has 7 heteroatoms. The molecule has 0 amide bonds. The molecule has 1 aromatic carbocycles. The molecule has 138 valence electrons. The van der Waals surface area contributed by atoms with Gasteiger partial charge in [0, 0.05) is 0 Å². The molecule has 0 aliphatic carbocycles. The van der Waals surface area contributed by atoms with E-state index in [9.17, 15) is 13.2 Å². The Kier molecular flexibility index (Phi) is 6.24. The van der Waals surface area contributed by atoms with Crippen LogP contribution < -0.4 is 5.73 Å². The van der Waals surface area contributed by atoms with Gasteiger partial charge in [-0.3, -0.25) is 4.90 Å². The lowest BCUT2D eigenvalue weighted by atomic mass is 10.1. The van der Waals surface area contributed by atoms with Crippen LogP contribution in [0.1, 0.15) is 44.5 Å². The van der Waals surface area contributed by atoms with Crippen LogP contribution in [0.4, 0.5) is 13.2 Å². The van der Waals surface area contributed by atoms with Crippen molar-refractivity contribution in [1.29, 1.82) is 0 Å². The van der Waals surface area contributed by atoms with Crippen LogP contribution in [0.3, 0.4) is 0 Å².